The molecule has 0 saturated carbocycles. The second-order valence-electron chi connectivity index (χ2n) is 5.83. The Morgan fingerprint density at radius 1 is 1.26 bits per heavy atom. The third kappa shape index (κ3) is 5.47. The van der Waals surface area contributed by atoms with Gasteiger partial charge in [-0.3, -0.25) is 4.79 Å². The monoisotopic (exact) mass is 388 g/mol. The molecule has 2 aromatic carbocycles. The van der Waals surface area contributed by atoms with Crippen molar-refractivity contribution in [1.82, 2.24) is 0 Å². The van der Waals surface area contributed by atoms with E-state index < -0.39 is 11.7 Å². The van der Waals surface area contributed by atoms with E-state index in [2.05, 4.69) is 5.32 Å². The lowest BCUT2D eigenvalue weighted by molar-refractivity contribution is -0.112. The van der Waals surface area contributed by atoms with Gasteiger partial charge in [0.2, 0.25) is 0 Å². The van der Waals surface area contributed by atoms with Crippen LogP contribution in [0.1, 0.15) is 19.4 Å². The Bertz CT molecular complexity index is 920. The van der Waals surface area contributed by atoms with E-state index in [4.69, 9.17) is 21.1 Å². The second-order valence-corrected chi connectivity index (χ2v) is 6.24. The number of ether oxygens (including phenoxy) is 2. The summed E-state index contributed by atoms with van der Waals surface area (Å²) in [6.45, 7) is 3.79. The van der Waals surface area contributed by atoms with Crippen LogP contribution in [0.15, 0.2) is 42.0 Å². The SMILES string of the molecule is COc1cc(/C=C(\C#N)C(=O)Nc2ccc(F)c(Cl)c2)ccc1OC(C)C. The van der Waals surface area contributed by atoms with Crippen LogP contribution in [-0.2, 0) is 4.79 Å². The normalized spacial score (nSPS) is 11.1. The van der Waals surface area contributed by atoms with Gasteiger partial charge >= 0.3 is 0 Å². The van der Waals surface area contributed by atoms with Gasteiger partial charge in [0.05, 0.1) is 18.2 Å². The van der Waals surface area contributed by atoms with Crippen molar-refractivity contribution in [2.45, 2.75) is 20.0 Å². The maximum absolute atomic E-state index is 13.2. The van der Waals surface area contributed by atoms with Crippen LogP contribution in [0.25, 0.3) is 6.08 Å². The number of hydrogen-bond acceptors (Lipinski definition) is 4. The number of nitrogens with zero attached hydrogens (tertiary/aromatic N) is 1. The third-order valence-corrected chi connectivity index (χ3v) is 3.69. The summed E-state index contributed by atoms with van der Waals surface area (Å²) in [5.41, 5.74) is 0.743. The predicted octanol–water partition coefficient (Wildman–Crippen LogP) is 4.82. The van der Waals surface area contributed by atoms with Gasteiger partial charge in [0.1, 0.15) is 17.5 Å². The molecule has 2 rings (SSSR count). The van der Waals surface area contributed by atoms with E-state index in [1.807, 2.05) is 19.9 Å². The van der Waals surface area contributed by atoms with Crippen LogP contribution in [-0.4, -0.2) is 19.1 Å². The van der Waals surface area contributed by atoms with Gasteiger partial charge in [0.15, 0.2) is 11.5 Å². The summed E-state index contributed by atoms with van der Waals surface area (Å²) in [4.78, 5) is 12.3. The standard InChI is InChI=1S/C20H18ClFN2O3/c1-12(2)27-18-7-4-13(9-19(18)26-3)8-14(11-23)20(25)24-15-5-6-17(22)16(21)10-15/h4-10,12H,1-3H3,(H,24,25)/b14-8+. The number of nitriles is 1. The number of anilines is 1. The Morgan fingerprint density at radius 3 is 2.59 bits per heavy atom. The number of carbonyl (C=O) groups excluding carboxylic acids is 1. The smallest absolute Gasteiger partial charge is 0.266 e. The zero-order valence-electron chi connectivity index (χ0n) is 15.0. The summed E-state index contributed by atoms with van der Waals surface area (Å²) in [6, 6.07) is 10.7. The number of halogens is 2. The number of hydrogen-bond donors (Lipinski definition) is 1. The summed E-state index contributed by atoms with van der Waals surface area (Å²) < 4.78 is 24.1. The van der Waals surface area contributed by atoms with Gasteiger partial charge in [-0.25, -0.2) is 4.39 Å². The van der Waals surface area contributed by atoms with Gasteiger partial charge < -0.3 is 14.8 Å². The molecule has 0 saturated heterocycles. The molecular weight excluding hydrogens is 371 g/mol. The molecule has 0 fully saturated rings. The van der Waals surface area contributed by atoms with Crippen molar-refractivity contribution in [3.05, 3.63) is 58.4 Å². The van der Waals surface area contributed by atoms with E-state index >= 15 is 0 Å². The first-order valence-corrected chi connectivity index (χ1v) is 8.44. The molecule has 0 aliphatic carbocycles. The van der Waals surface area contributed by atoms with Crippen LogP contribution < -0.4 is 14.8 Å². The van der Waals surface area contributed by atoms with E-state index in [0.29, 0.717) is 17.1 Å². The highest BCUT2D eigenvalue weighted by atomic mass is 35.5. The second kappa shape index (κ2) is 9.06. The lowest BCUT2D eigenvalue weighted by Crippen LogP contribution is -2.13. The van der Waals surface area contributed by atoms with Gasteiger partial charge in [0.25, 0.3) is 5.91 Å². The summed E-state index contributed by atoms with van der Waals surface area (Å²) in [7, 11) is 1.51. The molecule has 0 radical (unpaired) electrons. The molecule has 2 aromatic rings. The van der Waals surface area contributed by atoms with Crippen LogP contribution >= 0.6 is 11.6 Å². The molecule has 1 amide bonds. The Kier molecular flexibility index (Phi) is 6.80. The van der Waals surface area contributed by atoms with Gasteiger partial charge in [-0.05, 0) is 55.8 Å². The Hall–Kier alpha value is -3.04. The molecule has 27 heavy (non-hydrogen) atoms. The highest BCUT2D eigenvalue weighted by Crippen LogP contribution is 2.30. The molecule has 0 heterocycles. The van der Waals surface area contributed by atoms with Gasteiger partial charge in [-0.15, -0.1) is 0 Å². The Morgan fingerprint density at radius 2 is 2.00 bits per heavy atom. The summed E-state index contributed by atoms with van der Waals surface area (Å²) in [6.07, 6.45) is 1.39. The van der Waals surface area contributed by atoms with Crippen molar-refractivity contribution in [3.8, 4) is 17.6 Å². The molecule has 0 unspecified atom stereocenters. The molecule has 140 valence electrons. The number of carbonyl (C=O) groups is 1. The van der Waals surface area contributed by atoms with Crippen molar-refractivity contribution >= 4 is 29.3 Å². The minimum atomic E-state index is -0.637. The molecule has 0 atom stereocenters. The largest absolute Gasteiger partial charge is 0.493 e. The number of rotatable bonds is 6. The number of benzene rings is 2. The van der Waals surface area contributed by atoms with Crippen LogP contribution in [0.2, 0.25) is 5.02 Å². The maximum atomic E-state index is 13.2. The molecule has 7 heteroatoms. The lowest BCUT2D eigenvalue weighted by Gasteiger charge is -2.14. The van der Waals surface area contributed by atoms with Gasteiger partial charge in [-0.1, -0.05) is 17.7 Å². The highest BCUT2D eigenvalue weighted by Gasteiger charge is 2.12. The van der Waals surface area contributed by atoms with Crippen molar-refractivity contribution in [2.75, 3.05) is 12.4 Å². The first kappa shape index (κ1) is 20.3. The summed E-state index contributed by atoms with van der Waals surface area (Å²) in [5.74, 6) is -0.183. The van der Waals surface area contributed by atoms with Gasteiger partial charge in [-0.2, -0.15) is 5.26 Å². The summed E-state index contributed by atoms with van der Waals surface area (Å²) >= 11 is 5.69. The zero-order chi connectivity index (χ0) is 20.0. The topological polar surface area (TPSA) is 71.3 Å². The zero-order valence-corrected chi connectivity index (χ0v) is 15.8. The predicted molar refractivity (Wildman–Crippen MR) is 102 cm³/mol. The third-order valence-electron chi connectivity index (χ3n) is 3.40. The minimum absolute atomic E-state index is 0.0247. The molecule has 1 N–H and O–H groups in total. The van der Waals surface area contributed by atoms with Crippen molar-refractivity contribution in [1.29, 1.82) is 5.26 Å². The van der Waals surface area contributed by atoms with E-state index in [9.17, 15) is 14.4 Å². The van der Waals surface area contributed by atoms with Crippen molar-refractivity contribution in [3.63, 3.8) is 0 Å². The van der Waals surface area contributed by atoms with Crippen LogP contribution in [0, 0.1) is 17.1 Å². The molecule has 5 nitrogen and oxygen atoms in total. The number of nitrogens with one attached hydrogen (secondary N) is 1. The maximum Gasteiger partial charge on any atom is 0.266 e. The fourth-order valence-electron chi connectivity index (χ4n) is 2.21. The molecule has 0 bridgehead atoms. The lowest BCUT2D eigenvalue weighted by atomic mass is 10.1. The van der Waals surface area contributed by atoms with E-state index in [1.54, 1.807) is 18.2 Å². The first-order valence-electron chi connectivity index (χ1n) is 8.07. The number of amides is 1. The van der Waals surface area contributed by atoms with Crippen molar-refractivity contribution < 1.29 is 18.7 Å². The average molecular weight is 389 g/mol. The van der Waals surface area contributed by atoms with E-state index in [0.717, 1.165) is 6.07 Å². The molecule has 0 aliphatic heterocycles. The quantitative estimate of drug-likeness (QED) is 0.568. The van der Waals surface area contributed by atoms with Crippen LogP contribution in [0.5, 0.6) is 11.5 Å². The summed E-state index contributed by atoms with van der Waals surface area (Å²) in [5, 5.41) is 11.7. The number of methoxy groups -OCH3 is 1. The first-order chi connectivity index (χ1) is 12.8. The molecular formula is C20H18ClFN2O3. The van der Waals surface area contributed by atoms with E-state index in [-0.39, 0.29) is 22.4 Å². The minimum Gasteiger partial charge on any atom is -0.493 e. The van der Waals surface area contributed by atoms with Crippen LogP contribution in [0.4, 0.5) is 10.1 Å². The Balaban J connectivity index is 2.25. The Labute approximate surface area is 162 Å². The molecule has 0 spiro atoms. The van der Waals surface area contributed by atoms with Crippen molar-refractivity contribution in [2.24, 2.45) is 0 Å². The fraction of sp³-hybridized carbons (Fsp3) is 0.200. The van der Waals surface area contributed by atoms with Gasteiger partial charge in [0, 0.05) is 5.69 Å². The van der Waals surface area contributed by atoms with E-state index in [1.165, 1.54) is 25.3 Å². The highest BCUT2D eigenvalue weighted by molar-refractivity contribution is 6.31. The fourth-order valence-corrected chi connectivity index (χ4v) is 2.39. The van der Waals surface area contributed by atoms with Crippen LogP contribution in [0.3, 0.4) is 0 Å². The molecule has 0 aliphatic rings. The molecule has 0 aromatic heterocycles. The average Bonchev–Trinajstić information content (AvgIpc) is 2.63.